The number of hydrogen-bond acceptors (Lipinski definition) is 2. The van der Waals surface area contributed by atoms with Crippen molar-refractivity contribution in [1.29, 1.82) is 0 Å². The third-order valence-electron chi connectivity index (χ3n) is 2.86. The molecule has 2 aromatic rings. The van der Waals surface area contributed by atoms with E-state index in [1.165, 1.54) is 16.0 Å². The average molecular weight is 382 g/mol. The molecule has 2 aromatic carbocycles. The first-order valence-corrected chi connectivity index (χ1v) is 8.11. The molecular weight excluding hydrogens is 367 g/mol. The molecule has 0 heterocycles. The van der Waals surface area contributed by atoms with Gasteiger partial charge in [-0.25, -0.2) is 0 Å². The van der Waals surface area contributed by atoms with Gasteiger partial charge in [0.1, 0.15) is 0 Å². The van der Waals surface area contributed by atoms with E-state index in [0.717, 1.165) is 9.13 Å². The Morgan fingerprint density at radius 1 is 1.11 bits per heavy atom. The van der Waals surface area contributed by atoms with E-state index in [-0.39, 0.29) is 5.78 Å². The molecule has 0 aliphatic heterocycles. The molecule has 0 fully saturated rings. The number of hydrogen-bond donors (Lipinski definition) is 0. The number of benzene rings is 2. The van der Waals surface area contributed by atoms with E-state index in [1.54, 1.807) is 11.8 Å². The maximum atomic E-state index is 12.1. The van der Waals surface area contributed by atoms with Gasteiger partial charge >= 0.3 is 0 Å². The maximum Gasteiger partial charge on any atom is 0.173 e. The zero-order valence-corrected chi connectivity index (χ0v) is 13.9. The number of ketones is 1. The van der Waals surface area contributed by atoms with Crippen LogP contribution in [-0.2, 0) is 0 Å². The number of Topliss-reactive ketones (excluding diaryl/α,β-unsaturated/α-hetero) is 1. The SMILES string of the molecule is Cc1ccc(SCC(=O)c2ccc(I)cc2)c(C)c1. The standard InChI is InChI=1S/C16H15IOS/c1-11-3-8-16(12(2)9-11)19-10-15(18)13-4-6-14(17)7-5-13/h3-9H,10H2,1-2H3. The van der Waals surface area contributed by atoms with Crippen LogP contribution in [0, 0.1) is 17.4 Å². The van der Waals surface area contributed by atoms with Crippen molar-refractivity contribution in [2.45, 2.75) is 18.7 Å². The molecule has 98 valence electrons. The van der Waals surface area contributed by atoms with Crippen molar-refractivity contribution < 1.29 is 4.79 Å². The second-order valence-electron chi connectivity index (χ2n) is 4.49. The van der Waals surface area contributed by atoms with Crippen LogP contribution >= 0.6 is 34.4 Å². The van der Waals surface area contributed by atoms with Crippen LogP contribution in [0.4, 0.5) is 0 Å². The van der Waals surface area contributed by atoms with E-state index in [0.29, 0.717) is 5.75 Å². The van der Waals surface area contributed by atoms with Crippen molar-refractivity contribution in [3.63, 3.8) is 0 Å². The van der Waals surface area contributed by atoms with Gasteiger partial charge < -0.3 is 0 Å². The van der Waals surface area contributed by atoms with Crippen LogP contribution in [0.3, 0.4) is 0 Å². The summed E-state index contributed by atoms with van der Waals surface area (Å²) in [5.74, 6) is 0.672. The van der Waals surface area contributed by atoms with Crippen LogP contribution in [0.1, 0.15) is 21.5 Å². The lowest BCUT2D eigenvalue weighted by Crippen LogP contribution is -2.02. The lowest BCUT2D eigenvalue weighted by molar-refractivity contribution is 0.102. The average Bonchev–Trinajstić information content (AvgIpc) is 2.38. The molecular formula is C16H15IOS. The summed E-state index contributed by atoms with van der Waals surface area (Å²) in [5, 5.41) is 0. The van der Waals surface area contributed by atoms with Crippen LogP contribution in [0.2, 0.25) is 0 Å². The molecule has 0 atom stereocenters. The predicted octanol–water partition coefficient (Wildman–Crippen LogP) is 4.88. The number of carbonyl (C=O) groups excluding carboxylic acids is 1. The molecule has 0 aliphatic rings. The Hall–Kier alpha value is -0.810. The van der Waals surface area contributed by atoms with Gasteiger partial charge in [-0.05, 0) is 60.2 Å². The molecule has 0 aromatic heterocycles. The van der Waals surface area contributed by atoms with Crippen LogP contribution in [0.25, 0.3) is 0 Å². The summed E-state index contributed by atoms with van der Waals surface area (Å²) in [5.41, 5.74) is 3.28. The summed E-state index contributed by atoms with van der Waals surface area (Å²) < 4.78 is 1.15. The summed E-state index contributed by atoms with van der Waals surface area (Å²) in [7, 11) is 0. The zero-order valence-electron chi connectivity index (χ0n) is 10.9. The van der Waals surface area contributed by atoms with E-state index in [4.69, 9.17) is 0 Å². The van der Waals surface area contributed by atoms with Crippen molar-refractivity contribution >= 4 is 40.1 Å². The van der Waals surface area contributed by atoms with Gasteiger partial charge in [-0.15, -0.1) is 11.8 Å². The summed E-state index contributed by atoms with van der Waals surface area (Å²) in [6.07, 6.45) is 0. The van der Waals surface area contributed by atoms with E-state index >= 15 is 0 Å². The van der Waals surface area contributed by atoms with E-state index in [1.807, 2.05) is 24.3 Å². The van der Waals surface area contributed by atoms with E-state index < -0.39 is 0 Å². The van der Waals surface area contributed by atoms with Gasteiger partial charge in [0.05, 0.1) is 5.75 Å². The fraction of sp³-hybridized carbons (Fsp3) is 0.188. The normalized spacial score (nSPS) is 10.5. The summed E-state index contributed by atoms with van der Waals surface area (Å²) in [4.78, 5) is 13.3. The Morgan fingerprint density at radius 2 is 1.79 bits per heavy atom. The fourth-order valence-electron chi connectivity index (χ4n) is 1.82. The number of carbonyl (C=O) groups is 1. The van der Waals surface area contributed by atoms with Crippen molar-refractivity contribution in [1.82, 2.24) is 0 Å². The highest BCUT2D eigenvalue weighted by molar-refractivity contribution is 14.1. The highest BCUT2D eigenvalue weighted by atomic mass is 127. The molecule has 0 saturated heterocycles. The Morgan fingerprint density at radius 3 is 2.42 bits per heavy atom. The smallest absolute Gasteiger partial charge is 0.173 e. The Balaban J connectivity index is 2.02. The van der Waals surface area contributed by atoms with E-state index in [9.17, 15) is 4.79 Å². The lowest BCUT2D eigenvalue weighted by Gasteiger charge is -2.06. The van der Waals surface area contributed by atoms with Gasteiger partial charge in [0, 0.05) is 14.0 Å². The molecule has 0 bridgehead atoms. The quantitative estimate of drug-likeness (QED) is 0.426. The number of aryl methyl sites for hydroxylation is 2. The largest absolute Gasteiger partial charge is 0.293 e. The summed E-state index contributed by atoms with van der Waals surface area (Å²) in [6.45, 7) is 4.17. The molecule has 2 rings (SSSR count). The van der Waals surface area contributed by atoms with Gasteiger partial charge in [0.2, 0.25) is 0 Å². The Kier molecular flexibility index (Phi) is 5.05. The van der Waals surface area contributed by atoms with Gasteiger partial charge in [0.15, 0.2) is 5.78 Å². The summed E-state index contributed by atoms with van der Waals surface area (Å²) >= 11 is 3.85. The van der Waals surface area contributed by atoms with Gasteiger partial charge in [0.25, 0.3) is 0 Å². The van der Waals surface area contributed by atoms with Crippen molar-refractivity contribution in [3.05, 3.63) is 62.7 Å². The highest BCUT2D eigenvalue weighted by Crippen LogP contribution is 2.24. The maximum absolute atomic E-state index is 12.1. The Labute approximate surface area is 131 Å². The molecule has 1 nitrogen and oxygen atoms in total. The Bertz CT molecular complexity index is 590. The van der Waals surface area contributed by atoms with Crippen LogP contribution in [-0.4, -0.2) is 11.5 Å². The predicted molar refractivity (Wildman–Crippen MR) is 90.1 cm³/mol. The van der Waals surface area contributed by atoms with Crippen molar-refractivity contribution in [2.75, 3.05) is 5.75 Å². The second-order valence-corrected chi connectivity index (χ2v) is 6.75. The van der Waals surface area contributed by atoms with Gasteiger partial charge in [-0.2, -0.15) is 0 Å². The van der Waals surface area contributed by atoms with Crippen LogP contribution in [0.15, 0.2) is 47.4 Å². The van der Waals surface area contributed by atoms with Crippen molar-refractivity contribution in [2.24, 2.45) is 0 Å². The number of halogens is 1. The molecule has 0 N–H and O–H groups in total. The van der Waals surface area contributed by atoms with Crippen LogP contribution in [0.5, 0.6) is 0 Å². The third-order valence-corrected chi connectivity index (χ3v) is 4.75. The second kappa shape index (κ2) is 6.57. The molecule has 0 saturated carbocycles. The van der Waals surface area contributed by atoms with Gasteiger partial charge in [-0.3, -0.25) is 4.79 Å². The first kappa shape index (κ1) is 14.6. The minimum Gasteiger partial charge on any atom is -0.293 e. The van der Waals surface area contributed by atoms with E-state index in [2.05, 4.69) is 54.6 Å². The summed E-state index contributed by atoms with van der Waals surface area (Å²) in [6, 6.07) is 14.1. The monoisotopic (exact) mass is 382 g/mol. The topological polar surface area (TPSA) is 17.1 Å². The fourth-order valence-corrected chi connectivity index (χ4v) is 3.09. The number of rotatable bonds is 4. The molecule has 0 aliphatic carbocycles. The molecule has 3 heteroatoms. The lowest BCUT2D eigenvalue weighted by atomic mass is 10.1. The molecule has 0 spiro atoms. The first-order valence-electron chi connectivity index (χ1n) is 6.05. The molecule has 19 heavy (non-hydrogen) atoms. The molecule has 0 unspecified atom stereocenters. The van der Waals surface area contributed by atoms with Crippen LogP contribution < -0.4 is 0 Å². The minimum atomic E-state index is 0.182. The number of thioether (sulfide) groups is 1. The first-order chi connectivity index (χ1) is 9.06. The molecule has 0 amide bonds. The zero-order chi connectivity index (χ0) is 13.8. The van der Waals surface area contributed by atoms with Gasteiger partial charge in [-0.1, -0.05) is 29.8 Å². The van der Waals surface area contributed by atoms with Crippen molar-refractivity contribution in [3.8, 4) is 0 Å². The third kappa shape index (κ3) is 4.08. The molecule has 0 radical (unpaired) electrons. The minimum absolute atomic E-state index is 0.182. The highest BCUT2D eigenvalue weighted by Gasteiger charge is 2.07.